The average molecular weight is 167 g/mol. The highest BCUT2D eigenvalue weighted by molar-refractivity contribution is 7.95. The van der Waals surface area contributed by atoms with E-state index in [-0.39, 0.29) is 0 Å². The molecule has 0 radical (unpaired) electrons. The Morgan fingerprint density at radius 1 is 1.36 bits per heavy atom. The Hall–Kier alpha value is -1.09. The molecule has 0 amide bonds. The molecule has 0 aromatic heterocycles. The predicted octanol–water partition coefficient (Wildman–Crippen LogP) is 2.24. The third-order valence-corrected chi connectivity index (χ3v) is 2.77. The largest absolute Gasteiger partial charge is 0.245 e. The molecule has 1 rings (SSSR count). The van der Waals surface area contributed by atoms with Crippen LogP contribution in [-0.4, -0.2) is 4.21 Å². The van der Waals surface area contributed by atoms with Crippen molar-refractivity contribution in [3.8, 4) is 0 Å². The van der Waals surface area contributed by atoms with Gasteiger partial charge in [0.1, 0.15) is 0 Å². The Labute approximate surface area is 66.5 Å². The summed E-state index contributed by atoms with van der Waals surface area (Å²) in [4.78, 5) is 0.509. The van der Waals surface area contributed by atoms with E-state index < -0.39 is 9.73 Å². The molecule has 0 saturated carbocycles. The van der Waals surface area contributed by atoms with Crippen LogP contribution < -0.4 is 0 Å². The molecule has 1 aromatic carbocycles. The molecule has 2 nitrogen and oxygen atoms in total. The van der Waals surface area contributed by atoms with Gasteiger partial charge < -0.3 is 0 Å². The van der Waals surface area contributed by atoms with Crippen LogP contribution in [0.2, 0.25) is 0 Å². The Bertz CT molecular complexity index is 340. The van der Waals surface area contributed by atoms with Gasteiger partial charge in [0, 0.05) is 5.41 Å². The molecule has 1 aromatic rings. The van der Waals surface area contributed by atoms with Crippen molar-refractivity contribution in [2.24, 2.45) is 0 Å². The first-order valence-electron chi connectivity index (χ1n) is 3.13. The lowest BCUT2D eigenvalue weighted by Crippen LogP contribution is -1.91. The zero-order valence-electron chi connectivity index (χ0n) is 5.99. The molecule has 3 heteroatoms. The number of nitrogens with one attached hydrogen (secondary N) is 1. The van der Waals surface area contributed by atoms with Crippen molar-refractivity contribution in [3.63, 3.8) is 0 Å². The van der Waals surface area contributed by atoms with Crippen LogP contribution in [0.15, 0.2) is 47.2 Å². The van der Waals surface area contributed by atoms with Crippen LogP contribution in [0, 0.1) is 4.78 Å². The van der Waals surface area contributed by atoms with Crippen molar-refractivity contribution in [2.45, 2.75) is 4.90 Å². The van der Waals surface area contributed by atoms with Crippen molar-refractivity contribution in [3.05, 3.63) is 42.3 Å². The predicted molar refractivity (Wildman–Crippen MR) is 45.8 cm³/mol. The van der Waals surface area contributed by atoms with Gasteiger partial charge in [0.05, 0.1) is 14.6 Å². The van der Waals surface area contributed by atoms with Gasteiger partial charge in [-0.05, 0) is 12.1 Å². The standard InChI is InChI=1S/C8H9NOS/c1-2-11(9,10)8-6-4-3-5-7-8/h2-7,9H,1H2. The van der Waals surface area contributed by atoms with Gasteiger partial charge in [0.15, 0.2) is 0 Å². The van der Waals surface area contributed by atoms with Gasteiger partial charge in [-0.2, -0.15) is 0 Å². The summed E-state index contributed by atoms with van der Waals surface area (Å²) in [5, 5.41) is 1.17. The first-order valence-corrected chi connectivity index (χ1v) is 4.75. The molecule has 0 aliphatic rings. The van der Waals surface area contributed by atoms with E-state index in [2.05, 4.69) is 6.58 Å². The molecule has 11 heavy (non-hydrogen) atoms. The van der Waals surface area contributed by atoms with Gasteiger partial charge in [0.2, 0.25) is 0 Å². The smallest absolute Gasteiger partial charge is 0.0937 e. The molecule has 1 unspecified atom stereocenters. The minimum absolute atomic E-state index is 0.509. The second-order valence-electron chi connectivity index (χ2n) is 2.08. The number of rotatable bonds is 2. The normalized spacial score (nSPS) is 15.3. The lowest BCUT2D eigenvalue weighted by molar-refractivity contribution is 0.681. The number of hydrogen-bond acceptors (Lipinski definition) is 2. The summed E-state index contributed by atoms with van der Waals surface area (Å²) < 4.78 is 18.6. The molecular formula is C8H9NOS. The summed E-state index contributed by atoms with van der Waals surface area (Å²) in [7, 11) is -2.73. The second-order valence-corrected chi connectivity index (χ2v) is 4.09. The summed E-state index contributed by atoms with van der Waals surface area (Å²) in [6.45, 7) is 3.35. The molecule has 0 saturated heterocycles. The topological polar surface area (TPSA) is 40.9 Å². The summed E-state index contributed by atoms with van der Waals surface area (Å²) >= 11 is 0. The maximum atomic E-state index is 11.3. The van der Waals surface area contributed by atoms with Crippen LogP contribution in [0.25, 0.3) is 0 Å². The van der Waals surface area contributed by atoms with E-state index in [4.69, 9.17) is 4.78 Å². The molecular weight excluding hydrogens is 158 g/mol. The van der Waals surface area contributed by atoms with Gasteiger partial charge >= 0.3 is 0 Å². The SMILES string of the molecule is C=CS(=N)(=O)c1ccccc1. The van der Waals surface area contributed by atoms with Gasteiger partial charge in [-0.15, -0.1) is 0 Å². The highest BCUT2D eigenvalue weighted by atomic mass is 32.2. The van der Waals surface area contributed by atoms with Gasteiger partial charge in [-0.3, -0.25) is 0 Å². The third-order valence-electron chi connectivity index (χ3n) is 1.33. The minimum atomic E-state index is -2.73. The highest BCUT2D eigenvalue weighted by Crippen LogP contribution is 2.10. The van der Waals surface area contributed by atoms with Crippen LogP contribution in [0.1, 0.15) is 0 Å². The summed E-state index contributed by atoms with van der Waals surface area (Å²) in [6, 6.07) is 8.66. The van der Waals surface area contributed by atoms with E-state index in [0.29, 0.717) is 4.90 Å². The monoisotopic (exact) mass is 167 g/mol. The van der Waals surface area contributed by atoms with Crippen molar-refractivity contribution in [1.82, 2.24) is 0 Å². The zero-order chi connectivity index (χ0) is 8.32. The van der Waals surface area contributed by atoms with E-state index in [1.54, 1.807) is 24.3 Å². The molecule has 1 atom stereocenters. The number of hydrogen-bond donors (Lipinski definition) is 1. The van der Waals surface area contributed by atoms with Gasteiger partial charge in [-0.1, -0.05) is 24.8 Å². The Morgan fingerprint density at radius 3 is 2.36 bits per heavy atom. The zero-order valence-corrected chi connectivity index (χ0v) is 6.80. The summed E-state index contributed by atoms with van der Waals surface area (Å²) in [5.74, 6) is 0. The van der Waals surface area contributed by atoms with E-state index in [9.17, 15) is 4.21 Å². The second kappa shape index (κ2) is 2.88. The van der Waals surface area contributed by atoms with Crippen LogP contribution in [0.3, 0.4) is 0 Å². The number of benzene rings is 1. The van der Waals surface area contributed by atoms with Crippen molar-refractivity contribution in [1.29, 1.82) is 4.78 Å². The van der Waals surface area contributed by atoms with Gasteiger partial charge in [-0.25, -0.2) is 8.99 Å². The van der Waals surface area contributed by atoms with Crippen LogP contribution in [-0.2, 0) is 9.73 Å². The van der Waals surface area contributed by atoms with E-state index in [1.165, 1.54) is 5.41 Å². The maximum Gasteiger partial charge on any atom is 0.0937 e. The molecule has 0 aliphatic heterocycles. The summed E-state index contributed by atoms with van der Waals surface area (Å²) in [5.41, 5.74) is 0. The Kier molecular flexibility index (Phi) is 2.10. The fourth-order valence-electron chi connectivity index (χ4n) is 0.719. The quantitative estimate of drug-likeness (QED) is 0.721. The minimum Gasteiger partial charge on any atom is -0.245 e. The molecule has 0 fully saturated rings. The third kappa shape index (κ3) is 1.68. The molecule has 0 aliphatic carbocycles. The van der Waals surface area contributed by atoms with E-state index in [0.717, 1.165) is 0 Å². The van der Waals surface area contributed by atoms with Crippen molar-refractivity contribution >= 4 is 9.73 Å². The Balaban J connectivity index is 3.24. The first kappa shape index (κ1) is 8.01. The summed E-state index contributed by atoms with van der Waals surface area (Å²) in [6.07, 6.45) is 0. The fourth-order valence-corrected chi connectivity index (χ4v) is 1.47. The molecule has 1 N–H and O–H groups in total. The Morgan fingerprint density at radius 2 is 1.91 bits per heavy atom. The van der Waals surface area contributed by atoms with Crippen LogP contribution in [0.5, 0.6) is 0 Å². The van der Waals surface area contributed by atoms with E-state index >= 15 is 0 Å². The lowest BCUT2D eigenvalue weighted by Gasteiger charge is -1.98. The molecule has 0 spiro atoms. The van der Waals surface area contributed by atoms with Crippen LogP contribution >= 0.6 is 0 Å². The molecule has 0 bridgehead atoms. The van der Waals surface area contributed by atoms with Crippen LogP contribution in [0.4, 0.5) is 0 Å². The van der Waals surface area contributed by atoms with E-state index in [1.807, 2.05) is 6.07 Å². The highest BCUT2D eigenvalue weighted by Gasteiger charge is 2.01. The maximum absolute atomic E-state index is 11.3. The van der Waals surface area contributed by atoms with Crippen molar-refractivity contribution in [2.75, 3.05) is 0 Å². The average Bonchev–Trinajstić information content (AvgIpc) is 2.06. The molecule has 0 heterocycles. The van der Waals surface area contributed by atoms with Gasteiger partial charge in [0.25, 0.3) is 0 Å². The van der Waals surface area contributed by atoms with Crippen molar-refractivity contribution < 1.29 is 4.21 Å². The fraction of sp³-hybridized carbons (Fsp3) is 0. The lowest BCUT2D eigenvalue weighted by atomic mass is 10.4. The first-order chi connectivity index (χ1) is 5.17. The molecule has 58 valence electrons.